The van der Waals surface area contributed by atoms with Gasteiger partial charge in [0.15, 0.2) is 0 Å². The summed E-state index contributed by atoms with van der Waals surface area (Å²) in [5.74, 6) is 1.01. The zero-order chi connectivity index (χ0) is 17.5. The van der Waals surface area contributed by atoms with Crippen LogP contribution in [0.5, 0.6) is 0 Å². The second-order valence-corrected chi connectivity index (χ2v) is 7.05. The van der Waals surface area contributed by atoms with E-state index in [-0.39, 0.29) is 5.91 Å². The number of nitrogen functional groups attached to an aromatic ring is 1. The maximum atomic E-state index is 12.5. The lowest BCUT2D eigenvalue weighted by Crippen LogP contribution is -2.38. The van der Waals surface area contributed by atoms with Crippen molar-refractivity contribution >= 4 is 11.6 Å². The van der Waals surface area contributed by atoms with Crippen LogP contribution in [0.4, 0.5) is 5.69 Å². The Bertz CT molecular complexity index is 675. The minimum atomic E-state index is 0.268. The highest BCUT2D eigenvalue weighted by molar-refractivity contribution is 5.76. The Hall–Kier alpha value is -2.29. The van der Waals surface area contributed by atoms with Crippen LogP contribution in [-0.4, -0.2) is 23.9 Å². The molecule has 1 aliphatic heterocycles. The van der Waals surface area contributed by atoms with Gasteiger partial charge in [0.2, 0.25) is 5.91 Å². The lowest BCUT2D eigenvalue weighted by molar-refractivity contribution is -0.132. The number of aryl methyl sites for hydroxylation is 2. The number of amides is 1. The topological polar surface area (TPSA) is 46.3 Å². The summed E-state index contributed by atoms with van der Waals surface area (Å²) in [6, 6.07) is 18.5. The number of carbonyl (C=O) groups is 1. The van der Waals surface area contributed by atoms with Crippen LogP contribution < -0.4 is 5.73 Å². The Balaban J connectivity index is 1.39. The maximum Gasteiger partial charge on any atom is 0.222 e. The van der Waals surface area contributed by atoms with Crippen molar-refractivity contribution in [2.45, 2.75) is 38.5 Å². The monoisotopic (exact) mass is 336 g/mol. The molecule has 3 nitrogen and oxygen atoms in total. The third kappa shape index (κ3) is 5.09. The molecule has 25 heavy (non-hydrogen) atoms. The van der Waals surface area contributed by atoms with Gasteiger partial charge in [-0.05, 0) is 55.2 Å². The van der Waals surface area contributed by atoms with Gasteiger partial charge in [0.1, 0.15) is 0 Å². The Morgan fingerprint density at radius 3 is 2.36 bits per heavy atom. The van der Waals surface area contributed by atoms with Crippen LogP contribution >= 0.6 is 0 Å². The second kappa shape index (κ2) is 8.70. The van der Waals surface area contributed by atoms with Crippen molar-refractivity contribution in [1.29, 1.82) is 0 Å². The first-order valence-corrected chi connectivity index (χ1v) is 9.37. The number of likely N-dealkylation sites (tertiary alicyclic amines) is 1. The van der Waals surface area contributed by atoms with Crippen molar-refractivity contribution in [2.24, 2.45) is 5.92 Å². The van der Waals surface area contributed by atoms with Crippen LogP contribution in [0.2, 0.25) is 0 Å². The molecule has 132 valence electrons. The van der Waals surface area contributed by atoms with Gasteiger partial charge in [-0.1, -0.05) is 48.5 Å². The van der Waals surface area contributed by atoms with Crippen LogP contribution in [-0.2, 0) is 17.6 Å². The van der Waals surface area contributed by atoms with Crippen molar-refractivity contribution in [2.75, 3.05) is 18.8 Å². The number of rotatable bonds is 6. The number of benzene rings is 2. The molecule has 2 aromatic rings. The molecular weight excluding hydrogens is 308 g/mol. The van der Waals surface area contributed by atoms with Gasteiger partial charge in [-0.3, -0.25) is 4.79 Å². The van der Waals surface area contributed by atoms with E-state index in [4.69, 9.17) is 5.73 Å². The highest BCUT2D eigenvalue weighted by Crippen LogP contribution is 2.23. The number of carbonyl (C=O) groups excluding carboxylic acids is 1. The SMILES string of the molecule is Nc1ccccc1CCC(=O)N1CCC(CCc2ccccc2)CC1. The van der Waals surface area contributed by atoms with E-state index in [2.05, 4.69) is 30.3 Å². The highest BCUT2D eigenvalue weighted by atomic mass is 16.2. The highest BCUT2D eigenvalue weighted by Gasteiger charge is 2.22. The fraction of sp³-hybridized carbons (Fsp3) is 0.409. The summed E-state index contributed by atoms with van der Waals surface area (Å²) in [6.45, 7) is 1.81. The Labute approximate surface area is 150 Å². The molecule has 0 aromatic heterocycles. The van der Waals surface area contributed by atoms with Crippen molar-refractivity contribution in [1.82, 2.24) is 4.90 Å². The fourth-order valence-electron chi connectivity index (χ4n) is 3.65. The first kappa shape index (κ1) is 17.5. The van der Waals surface area contributed by atoms with E-state index in [1.807, 2.05) is 29.2 Å². The van der Waals surface area contributed by atoms with Gasteiger partial charge in [-0.25, -0.2) is 0 Å². The Kier molecular flexibility index (Phi) is 6.10. The van der Waals surface area contributed by atoms with Crippen LogP contribution in [0.25, 0.3) is 0 Å². The summed E-state index contributed by atoms with van der Waals surface area (Å²) < 4.78 is 0. The number of piperidine rings is 1. The molecule has 1 aliphatic rings. The van der Waals surface area contributed by atoms with Crippen molar-refractivity contribution in [3.63, 3.8) is 0 Å². The largest absolute Gasteiger partial charge is 0.399 e. The van der Waals surface area contributed by atoms with Gasteiger partial charge in [-0.2, -0.15) is 0 Å². The first-order chi connectivity index (χ1) is 12.2. The second-order valence-electron chi connectivity index (χ2n) is 7.05. The summed E-state index contributed by atoms with van der Waals surface area (Å²) in [7, 11) is 0. The lowest BCUT2D eigenvalue weighted by atomic mass is 9.90. The molecule has 1 fully saturated rings. The Morgan fingerprint density at radius 2 is 1.64 bits per heavy atom. The lowest BCUT2D eigenvalue weighted by Gasteiger charge is -2.32. The van der Waals surface area contributed by atoms with Crippen LogP contribution in [0.1, 0.15) is 36.8 Å². The maximum absolute atomic E-state index is 12.5. The quantitative estimate of drug-likeness (QED) is 0.808. The van der Waals surface area contributed by atoms with Gasteiger partial charge in [0, 0.05) is 25.2 Å². The van der Waals surface area contributed by atoms with Crippen LogP contribution in [0, 0.1) is 5.92 Å². The normalized spacial score (nSPS) is 15.3. The van der Waals surface area contributed by atoms with Gasteiger partial charge in [0.05, 0.1) is 0 Å². The molecular formula is C22H28N2O. The zero-order valence-corrected chi connectivity index (χ0v) is 14.9. The van der Waals surface area contributed by atoms with Gasteiger partial charge in [-0.15, -0.1) is 0 Å². The summed E-state index contributed by atoms with van der Waals surface area (Å²) in [4.78, 5) is 14.5. The van der Waals surface area contributed by atoms with E-state index in [0.717, 1.165) is 55.9 Å². The molecule has 2 N–H and O–H groups in total. The molecule has 2 aromatic carbocycles. The predicted molar refractivity (Wildman–Crippen MR) is 103 cm³/mol. The van der Waals surface area contributed by atoms with Crippen molar-refractivity contribution < 1.29 is 4.79 Å². The van der Waals surface area contributed by atoms with Gasteiger partial charge < -0.3 is 10.6 Å². The molecule has 1 amide bonds. The standard InChI is InChI=1S/C22H28N2O/c23-21-9-5-4-8-20(21)12-13-22(25)24-16-14-19(15-17-24)11-10-18-6-2-1-3-7-18/h1-9,19H,10-17,23H2. The summed E-state index contributed by atoms with van der Waals surface area (Å²) in [5.41, 5.74) is 9.24. The number of nitrogens with two attached hydrogens (primary N) is 1. The molecule has 0 aliphatic carbocycles. The van der Waals surface area contributed by atoms with E-state index in [1.54, 1.807) is 0 Å². The molecule has 0 atom stereocenters. The molecule has 1 saturated heterocycles. The predicted octanol–water partition coefficient (Wildman–Crippen LogP) is 4.07. The molecule has 0 radical (unpaired) electrons. The van der Waals surface area contributed by atoms with Gasteiger partial charge in [0.25, 0.3) is 0 Å². The molecule has 1 heterocycles. The molecule has 3 rings (SSSR count). The number of anilines is 1. The molecule has 0 saturated carbocycles. The minimum Gasteiger partial charge on any atom is -0.399 e. The zero-order valence-electron chi connectivity index (χ0n) is 14.9. The number of hydrogen-bond acceptors (Lipinski definition) is 2. The van der Waals surface area contributed by atoms with E-state index in [1.165, 1.54) is 12.0 Å². The number of hydrogen-bond donors (Lipinski definition) is 1. The first-order valence-electron chi connectivity index (χ1n) is 9.37. The molecule has 0 spiro atoms. The number of para-hydroxylation sites is 1. The van der Waals surface area contributed by atoms with Crippen molar-refractivity contribution in [3.05, 3.63) is 65.7 Å². The smallest absolute Gasteiger partial charge is 0.222 e. The van der Waals surface area contributed by atoms with E-state index in [0.29, 0.717) is 6.42 Å². The van der Waals surface area contributed by atoms with Crippen molar-refractivity contribution in [3.8, 4) is 0 Å². The van der Waals surface area contributed by atoms with Crippen LogP contribution in [0.3, 0.4) is 0 Å². The summed E-state index contributed by atoms with van der Waals surface area (Å²) in [5, 5.41) is 0. The van der Waals surface area contributed by atoms with Crippen LogP contribution in [0.15, 0.2) is 54.6 Å². The van der Waals surface area contributed by atoms with Gasteiger partial charge >= 0.3 is 0 Å². The number of nitrogens with zero attached hydrogens (tertiary/aromatic N) is 1. The van der Waals surface area contributed by atoms with E-state index < -0.39 is 0 Å². The fourth-order valence-corrected chi connectivity index (χ4v) is 3.65. The summed E-state index contributed by atoms with van der Waals surface area (Å²) in [6.07, 6.45) is 5.93. The molecule has 0 unspecified atom stereocenters. The Morgan fingerprint density at radius 1 is 0.960 bits per heavy atom. The average molecular weight is 336 g/mol. The van der Waals surface area contributed by atoms with E-state index in [9.17, 15) is 4.79 Å². The third-order valence-corrected chi connectivity index (χ3v) is 5.31. The van der Waals surface area contributed by atoms with E-state index >= 15 is 0 Å². The average Bonchev–Trinajstić information content (AvgIpc) is 2.67. The minimum absolute atomic E-state index is 0.268. The molecule has 3 heteroatoms. The summed E-state index contributed by atoms with van der Waals surface area (Å²) >= 11 is 0. The third-order valence-electron chi connectivity index (χ3n) is 5.31. The molecule has 0 bridgehead atoms.